The fraction of sp³-hybridized carbons (Fsp3) is 0.143. The van der Waals surface area contributed by atoms with Crippen LogP contribution in [-0.2, 0) is 9.09 Å². The Labute approximate surface area is 60.7 Å². The molecule has 0 amide bonds. The second-order valence-corrected chi connectivity index (χ2v) is 3.17. The summed E-state index contributed by atoms with van der Waals surface area (Å²) < 4.78 is 15.6. The molecule has 1 unspecified atom stereocenters. The van der Waals surface area contributed by atoms with Gasteiger partial charge in [-0.3, -0.25) is 4.57 Å². The molecule has 2 nitrogen and oxygen atoms in total. The maximum atomic E-state index is 10.9. The normalized spacial score (nSPS) is 11.1. The zero-order chi connectivity index (χ0) is 7.40. The van der Waals surface area contributed by atoms with E-state index >= 15 is 0 Å². The van der Waals surface area contributed by atoms with Crippen LogP contribution in [0.15, 0.2) is 30.3 Å². The minimum absolute atomic E-state index is 0.736. The maximum absolute atomic E-state index is 10.9. The van der Waals surface area contributed by atoms with Gasteiger partial charge in [0, 0.05) is 7.11 Å². The van der Waals surface area contributed by atoms with E-state index in [0.29, 0.717) is 0 Å². The highest BCUT2D eigenvalue weighted by molar-refractivity contribution is 7.48. The van der Waals surface area contributed by atoms with Crippen molar-refractivity contribution in [2.45, 2.75) is 0 Å². The van der Waals surface area contributed by atoms with Crippen molar-refractivity contribution < 1.29 is 9.09 Å². The number of benzene rings is 1. The highest BCUT2D eigenvalue weighted by Crippen LogP contribution is 2.18. The van der Waals surface area contributed by atoms with Crippen LogP contribution in [-0.4, -0.2) is 7.11 Å². The minimum atomic E-state index is -1.62. The first-order valence-corrected chi connectivity index (χ1v) is 4.09. The van der Waals surface area contributed by atoms with Crippen molar-refractivity contribution in [2.24, 2.45) is 0 Å². The van der Waals surface area contributed by atoms with Crippen LogP contribution in [0.1, 0.15) is 0 Å². The third kappa shape index (κ3) is 1.63. The monoisotopic (exact) mass is 155 g/mol. The molecule has 10 heavy (non-hydrogen) atoms. The zero-order valence-corrected chi connectivity index (χ0v) is 6.54. The number of rotatable bonds is 2. The molecule has 0 bridgehead atoms. The zero-order valence-electron chi connectivity index (χ0n) is 5.65. The fourth-order valence-electron chi connectivity index (χ4n) is 0.655. The van der Waals surface area contributed by atoms with E-state index in [9.17, 15) is 4.57 Å². The first-order valence-electron chi connectivity index (χ1n) is 2.91. The number of hydrogen-bond acceptors (Lipinski definition) is 2. The van der Waals surface area contributed by atoms with E-state index in [4.69, 9.17) is 0 Å². The molecule has 1 aromatic carbocycles. The first-order chi connectivity index (χ1) is 4.84. The van der Waals surface area contributed by atoms with Gasteiger partial charge >= 0.3 is 0 Å². The third-order valence-electron chi connectivity index (χ3n) is 1.13. The summed E-state index contributed by atoms with van der Waals surface area (Å²) in [6.07, 6.45) is 0. The standard InChI is InChI=1S/C7H8O2P/c1-9-10(8)7-5-3-2-4-6-7/h2-6H,1H3. The molecule has 1 aromatic rings. The van der Waals surface area contributed by atoms with Gasteiger partial charge in [0.15, 0.2) is 0 Å². The summed E-state index contributed by atoms with van der Waals surface area (Å²) in [5.41, 5.74) is 0. The van der Waals surface area contributed by atoms with E-state index in [1.54, 1.807) is 12.1 Å². The maximum Gasteiger partial charge on any atom is 0.246 e. The van der Waals surface area contributed by atoms with Gasteiger partial charge in [-0.25, -0.2) is 0 Å². The van der Waals surface area contributed by atoms with Crippen LogP contribution in [0.2, 0.25) is 0 Å². The Kier molecular flexibility index (Phi) is 2.55. The van der Waals surface area contributed by atoms with Crippen LogP contribution in [0.5, 0.6) is 0 Å². The Morgan fingerprint density at radius 2 is 1.90 bits per heavy atom. The molecule has 0 aromatic heterocycles. The van der Waals surface area contributed by atoms with Gasteiger partial charge in [-0.1, -0.05) is 18.2 Å². The van der Waals surface area contributed by atoms with Gasteiger partial charge in [0.05, 0.1) is 5.30 Å². The Balaban J connectivity index is 2.85. The molecule has 0 saturated carbocycles. The molecule has 0 aliphatic carbocycles. The topological polar surface area (TPSA) is 26.3 Å². The Morgan fingerprint density at radius 1 is 1.30 bits per heavy atom. The van der Waals surface area contributed by atoms with Crippen LogP contribution in [0.3, 0.4) is 0 Å². The number of hydrogen-bond donors (Lipinski definition) is 0. The largest absolute Gasteiger partial charge is 0.304 e. The fourth-order valence-corrected chi connectivity index (χ4v) is 1.28. The molecule has 0 spiro atoms. The second kappa shape index (κ2) is 3.45. The Bertz CT molecular complexity index is 220. The van der Waals surface area contributed by atoms with Crippen LogP contribution >= 0.6 is 8.03 Å². The van der Waals surface area contributed by atoms with Crippen molar-refractivity contribution in [3.8, 4) is 0 Å². The van der Waals surface area contributed by atoms with Crippen molar-refractivity contribution in [3.63, 3.8) is 0 Å². The average molecular weight is 155 g/mol. The highest BCUT2D eigenvalue weighted by Gasteiger charge is 1.99. The quantitative estimate of drug-likeness (QED) is 0.607. The molecule has 0 heterocycles. The summed E-state index contributed by atoms with van der Waals surface area (Å²) in [4.78, 5) is 0. The second-order valence-electron chi connectivity index (χ2n) is 1.78. The lowest BCUT2D eigenvalue weighted by atomic mass is 10.4. The lowest BCUT2D eigenvalue weighted by Crippen LogP contribution is -1.93. The molecular formula is C7H8O2P. The molecule has 1 radical (unpaired) electrons. The lowest BCUT2D eigenvalue weighted by Gasteiger charge is -1.94. The lowest BCUT2D eigenvalue weighted by molar-refractivity contribution is 0.423. The van der Waals surface area contributed by atoms with E-state index < -0.39 is 8.03 Å². The summed E-state index contributed by atoms with van der Waals surface area (Å²) in [5, 5.41) is 0.736. The molecule has 3 heteroatoms. The van der Waals surface area contributed by atoms with Crippen molar-refractivity contribution in [2.75, 3.05) is 7.11 Å². The van der Waals surface area contributed by atoms with Crippen molar-refractivity contribution in [1.82, 2.24) is 0 Å². The summed E-state index contributed by atoms with van der Waals surface area (Å²) in [7, 11) is -0.187. The van der Waals surface area contributed by atoms with Gasteiger partial charge in [-0.2, -0.15) is 0 Å². The molecule has 0 saturated heterocycles. The van der Waals surface area contributed by atoms with Gasteiger partial charge < -0.3 is 4.52 Å². The van der Waals surface area contributed by atoms with Gasteiger partial charge in [-0.15, -0.1) is 0 Å². The van der Waals surface area contributed by atoms with Crippen molar-refractivity contribution in [3.05, 3.63) is 30.3 Å². The van der Waals surface area contributed by atoms with E-state index in [1.165, 1.54) is 7.11 Å². The molecule has 1 atom stereocenters. The molecule has 1 rings (SSSR count). The highest BCUT2D eigenvalue weighted by atomic mass is 31.1. The smallest absolute Gasteiger partial charge is 0.246 e. The Morgan fingerprint density at radius 3 is 2.40 bits per heavy atom. The average Bonchev–Trinajstić information content (AvgIpc) is 2.05. The van der Waals surface area contributed by atoms with Gasteiger partial charge in [0.1, 0.15) is 0 Å². The summed E-state index contributed by atoms with van der Waals surface area (Å²) in [6.45, 7) is 0. The van der Waals surface area contributed by atoms with Crippen LogP contribution in [0.25, 0.3) is 0 Å². The summed E-state index contributed by atoms with van der Waals surface area (Å²) >= 11 is 0. The van der Waals surface area contributed by atoms with E-state index in [2.05, 4.69) is 4.52 Å². The van der Waals surface area contributed by atoms with Gasteiger partial charge in [-0.05, 0) is 12.1 Å². The van der Waals surface area contributed by atoms with Crippen molar-refractivity contribution in [1.29, 1.82) is 0 Å². The van der Waals surface area contributed by atoms with Crippen LogP contribution in [0, 0.1) is 0 Å². The predicted octanol–water partition coefficient (Wildman–Crippen LogP) is 1.70. The Hall–Kier alpha value is -0.720. The molecule has 0 aliphatic rings. The molecule has 0 fully saturated rings. The minimum Gasteiger partial charge on any atom is -0.304 e. The van der Waals surface area contributed by atoms with E-state index in [1.807, 2.05) is 18.2 Å². The van der Waals surface area contributed by atoms with Crippen LogP contribution < -0.4 is 5.30 Å². The van der Waals surface area contributed by atoms with E-state index in [-0.39, 0.29) is 0 Å². The summed E-state index contributed by atoms with van der Waals surface area (Å²) in [5.74, 6) is 0. The molecule has 0 N–H and O–H groups in total. The molecule has 0 aliphatic heterocycles. The van der Waals surface area contributed by atoms with E-state index in [0.717, 1.165) is 5.30 Å². The molecule has 53 valence electrons. The molecular weight excluding hydrogens is 147 g/mol. The van der Waals surface area contributed by atoms with Crippen molar-refractivity contribution >= 4 is 13.3 Å². The van der Waals surface area contributed by atoms with Gasteiger partial charge in [0.25, 0.3) is 0 Å². The SMILES string of the molecule is CO[P](=O)c1ccccc1. The predicted molar refractivity (Wildman–Crippen MR) is 40.7 cm³/mol. The third-order valence-corrected chi connectivity index (χ3v) is 2.18. The van der Waals surface area contributed by atoms with Gasteiger partial charge in [0.2, 0.25) is 8.03 Å². The summed E-state index contributed by atoms with van der Waals surface area (Å²) in [6, 6.07) is 9.11. The first kappa shape index (κ1) is 7.39. The van der Waals surface area contributed by atoms with Crippen LogP contribution in [0.4, 0.5) is 0 Å².